The van der Waals surface area contributed by atoms with Gasteiger partial charge in [0.15, 0.2) is 0 Å². The number of piperidine rings is 4. The normalized spacial score (nSPS) is 20.9. The molecule has 0 spiro atoms. The number of amides is 5. The van der Waals surface area contributed by atoms with Gasteiger partial charge in [0, 0.05) is 248 Å². The molecule has 9 fully saturated rings. The number of piperazine rings is 2. The van der Waals surface area contributed by atoms with E-state index < -0.39 is 0 Å². The highest BCUT2D eigenvalue weighted by Crippen LogP contribution is 2.39. The third kappa shape index (κ3) is 38.1. The summed E-state index contributed by atoms with van der Waals surface area (Å²) in [7, 11) is 9.94. The Labute approximate surface area is 885 Å². The number of hydrogen-bond acceptors (Lipinski definition) is 24. The maximum atomic E-state index is 12.7. The van der Waals surface area contributed by atoms with E-state index in [1.54, 1.807) is 60.7 Å². The second-order valence-electron chi connectivity index (χ2n) is 49.8. The molecule has 12 heterocycles. The van der Waals surface area contributed by atoms with Gasteiger partial charge in [-0.2, -0.15) is 0 Å². The molecule has 6 saturated heterocycles. The van der Waals surface area contributed by atoms with E-state index in [0.29, 0.717) is 66.2 Å². The number of methoxy groups -OCH3 is 2. The van der Waals surface area contributed by atoms with Gasteiger partial charge in [0.1, 0.15) is 59.7 Å². The van der Waals surface area contributed by atoms with Crippen molar-refractivity contribution < 1.29 is 38.2 Å². The van der Waals surface area contributed by atoms with Crippen LogP contribution in [0.25, 0.3) is 0 Å². The van der Waals surface area contributed by atoms with Gasteiger partial charge in [-0.1, -0.05) is 125 Å². The summed E-state index contributed by atoms with van der Waals surface area (Å²) < 4.78 is 10.7. The zero-order chi connectivity index (χ0) is 107. The molecule has 0 unspecified atom stereocenters. The van der Waals surface area contributed by atoms with Gasteiger partial charge in [0.2, 0.25) is 29.5 Å². The Morgan fingerprint density at radius 1 is 0.361 bits per heavy atom. The number of rotatable bonds is 21. The van der Waals surface area contributed by atoms with E-state index >= 15 is 0 Å². The summed E-state index contributed by atoms with van der Waals surface area (Å²) in [4.78, 5) is 133. The Bertz CT molecular complexity index is 5100. The van der Waals surface area contributed by atoms with Crippen LogP contribution in [0.1, 0.15) is 345 Å². The summed E-state index contributed by atoms with van der Waals surface area (Å²) in [5.74, 6) is 9.95. The molecule has 6 aromatic rings. The van der Waals surface area contributed by atoms with E-state index in [9.17, 15) is 28.8 Å². The van der Waals surface area contributed by atoms with Crippen molar-refractivity contribution in [2.45, 2.75) is 370 Å². The molecule has 0 bridgehead atoms. The van der Waals surface area contributed by atoms with Gasteiger partial charge in [-0.15, -0.1) is 0 Å². The SMILES string of the molecule is CC(=O)C1CCC(Cc2cc(C(C)(C)C)ncn2)CC1.CC(=O)N1CCC(Nc2cc(C(C)(C)C)cc(N3CCN(C(C)=O)CC3)n2)CC1.CC(=O)N1CCC(Nc2cc(C(C)(C)C)cc(N3CCN(C)CC3)n2)CC1.CC(C)(C)c1cc(CC2CCC(C(=O)N3CCCCC3)CC2)ncn1.COC1CCC(N(C)c2cc(C(C)(C)C)ncn2)CC1.COCCN(C)c1cc(C(C)(C)C)cc(CC2CCN(C(C)=O)CC2)n1. The van der Waals surface area contributed by atoms with Crippen LogP contribution in [-0.4, -0.2) is 287 Å². The van der Waals surface area contributed by atoms with Crippen LogP contribution in [-0.2, 0) is 90.0 Å². The van der Waals surface area contributed by atoms with Crippen LogP contribution in [0.3, 0.4) is 0 Å². The first-order valence-corrected chi connectivity index (χ1v) is 55.8. The van der Waals surface area contributed by atoms with Crippen molar-refractivity contribution >= 4 is 70.2 Å². The number of nitrogens with one attached hydrogen (secondary N) is 2. The first-order chi connectivity index (χ1) is 69.3. The third-order valence-electron chi connectivity index (χ3n) is 31.7. The lowest BCUT2D eigenvalue weighted by atomic mass is 9.78. The Morgan fingerprint density at radius 2 is 0.741 bits per heavy atom. The third-order valence-corrected chi connectivity index (χ3v) is 31.7. The van der Waals surface area contributed by atoms with Gasteiger partial charge >= 0.3 is 0 Å². The number of hydrogen-bond donors (Lipinski definition) is 2. The van der Waals surface area contributed by atoms with Gasteiger partial charge in [0.25, 0.3) is 0 Å². The highest BCUT2D eigenvalue weighted by molar-refractivity contribution is 5.79. The van der Waals surface area contributed by atoms with Gasteiger partial charge in [-0.3, -0.25) is 28.8 Å². The fraction of sp³-hybridized carbons (Fsp3) is 0.720. The van der Waals surface area contributed by atoms with Gasteiger partial charge in [-0.05, 0) is 267 Å². The minimum Gasteiger partial charge on any atom is -0.383 e. The van der Waals surface area contributed by atoms with Crippen molar-refractivity contribution in [2.75, 3.05) is 183 Å². The van der Waals surface area contributed by atoms with E-state index in [-0.39, 0.29) is 62.0 Å². The van der Waals surface area contributed by atoms with Gasteiger partial charge in [-0.25, -0.2) is 44.9 Å². The summed E-state index contributed by atoms with van der Waals surface area (Å²) >= 11 is 0. The zero-order valence-electron chi connectivity index (χ0n) is 96.1. The Kier molecular flexibility index (Phi) is 44.5. The summed E-state index contributed by atoms with van der Waals surface area (Å²) in [6.07, 6.45) is 31.6. The van der Waals surface area contributed by atoms with Crippen LogP contribution in [0, 0.1) is 29.6 Å². The maximum Gasteiger partial charge on any atom is 0.225 e. The van der Waals surface area contributed by atoms with E-state index in [2.05, 4.69) is 270 Å². The minimum atomic E-state index is 0.0212. The minimum absolute atomic E-state index is 0.0212. The molecule has 29 nitrogen and oxygen atoms in total. The van der Waals surface area contributed by atoms with E-state index in [1.165, 1.54) is 48.8 Å². The summed E-state index contributed by atoms with van der Waals surface area (Å²) in [6, 6.07) is 21.0. The number of nitrogens with zero attached hydrogens (tertiary/aromatic N) is 19. The molecule has 2 N–H and O–H groups in total. The van der Waals surface area contributed by atoms with E-state index in [0.717, 1.165) is 302 Å². The number of pyridine rings is 3. The Morgan fingerprint density at radius 3 is 1.14 bits per heavy atom. The molecule has 0 atom stereocenters. The molecule has 3 aliphatic carbocycles. The number of likely N-dealkylation sites (tertiary alicyclic amines) is 4. The summed E-state index contributed by atoms with van der Waals surface area (Å²) in [5.41, 5.74) is 11.1. The van der Waals surface area contributed by atoms with Gasteiger partial charge in [0.05, 0.1) is 18.4 Å². The predicted molar refractivity (Wildman–Crippen MR) is 598 cm³/mol. The maximum absolute atomic E-state index is 12.7. The number of aromatic nitrogens is 9. The topological polar surface area (TPSA) is 293 Å². The van der Waals surface area contributed by atoms with E-state index in [1.807, 2.05) is 26.7 Å². The molecule has 9 aliphatic rings. The molecule has 6 aromatic heterocycles. The molecule has 0 radical (unpaired) electrons. The van der Waals surface area contributed by atoms with Crippen LogP contribution in [0.5, 0.6) is 0 Å². The number of ketones is 1. The molecule has 816 valence electrons. The monoisotopic (exact) mass is 2030 g/mol. The van der Waals surface area contributed by atoms with Crippen LogP contribution in [0.2, 0.25) is 0 Å². The van der Waals surface area contributed by atoms with Crippen LogP contribution in [0.4, 0.5) is 34.9 Å². The molecule has 3 saturated carbocycles. The van der Waals surface area contributed by atoms with Crippen molar-refractivity contribution in [3.05, 3.63) is 124 Å². The van der Waals surface area contributed by atoms with Gasteiger partial charge < -0.3 is 69.1 Å². The highest BCUT2D eigenvalue weighted by Gasteiger charge is 2.36. The summed E-state index contributed by atoms with van der Waals surface area (Å²) in [6.45, 7) is 63.9. The van der Waals surface area contributed by atoms with Crippen molar-refractivity contribution in [3.8, 4) is 0 Å². The highest BCUT2D eigenvalue weighted by atomic mass is 16.5. The largest absolute Gasteiger partial charge is 0.383 e. The standard InChI is InChI=1S/C22H35N5O2.C21H35N5O.C21H35N3O2.C21H33N3O.C17H26N2O.C16H27N3O/c1-16(28)25-8-6-19(7-9-25)23-20-14-18(22(3,4)5)15-21(24-20)27-12-10-26(11-13-27)17(2)29;1-16(27)25-8-6-18(7-9-25)22-19-14-17(21(2,3)4)15-20(23-19)26-12-10-24(5)11-13-26;1-16(25)24-9-7-17(8-10-24)13-19-14-18(21(2,3)4)15-20(22-19)23(5)11-12-26-6;1-21(2,3)19-14-18(22-15-23-19)13-16-7-9-17(10-8-16)20(25)24-11-5-4-6-12-24;1-12(20)14-7-5-13(6-8-14)9-15-10-16(17(2,3)4)19-11-18-15;1-16(2,3)14-10-15(18-11-17-14)19(4)12-6-8-13(20-5)9-7-12/h14-15,19H,6-13H2,1-5H3,(H,23,24);14-15,18H,6-13H2,1-5H3,(H,22,23);14-15,17H,7-13H2,1-6H3;14-17H,4-13H2,1-3H3;10-11,13-14H,5-9H2,1-4H3;10-13H,6-9H2,1-5H3. The summed E-state index contributed by atoms with van der Waals surface area (Å²) in [5, 5.41) is 7.27. The molecular weight excluding hydrogens is 1840 g/mol. The zero-order valence-corrected chi connectivity index (χ0v) is 96.1. The van der Waals surface area contributed by atoms with Crippen LogP contribution < -0.4 is 30.2 Å². The van der Waals surface area contributed by atoms with Crippen molar-refractivity contribution in [2.24, 2.45) is 29.6 Å². The average molecular weight is 2030 g/mol. The molecule has 147 heavy (non-hydrogen) atoms. The first-order valence-electron chi connectivity index (χ1n) is 55.8. The van der Waals surface area contributed by atoms with Crippen molar-refractivity contribution in [1.29, 1.82) is 0 Å². The number of likely N-dealkylation sites (N-methyl/N-ethyl adjacent to an activating group) is 2. The molecule has 5 amide bonds. The molecular formula is C118H191N21O8. The van der Waals surface area contributed by atoms with E-state index in [4.69, 9.17) is 24.4 Å². The fourth-order valence-electron chi connectivity index (χ4n) is 21.1. The fourth-order valence-corrected chi connectivity index (χ4v) is 21.1. The Balaban J connectivity index is 0.000000181. The number of ether oxygens (including phenoxy) is 2. The molecule has 29 heteroatoms. The smallest absolute Gasteiger partial charge is 0.225 e. The van der Waals surface area contributed by atoms with Crippen molar-refractivity contribution in [1.82, 2.24) is 74.3 Å². The second-order valence-corrected chi connectivity index (χ2v) is 49.8. The number of Topliss-reactive ketones (excluding diaryl/α,β-unsaturated/α-hetero) is 1. The first kappa shape index (κ1) is 119. The molecule has 0 aromatic carbocycles. The number of carbonyl (C=O) groups excluding carboxylic acids is 6. The lowest BCUT2D eigenvalue weighted by Gasteiger charge is -2.36. The number of anilines is 6. The second kappa shape index (κ2) is 54.9. The van der Waals surface area contributed by atoms with Crippen LogP contribution in [0.15, 0.2) is 73.6 Å². The molecule has 15 rings (SSSR count). The average Bonchev–Trinajstić information content (AvgIpc) is 0.833. The van der Waals surface area contributed by atoms with Crippen LogP contribution >= 0.6 is 0 Å². The number of carbonyl (C=O) groups is 6. The lowest BCUT2D eigenvalue weighted by molar-refractivity contribution is -0.138. The Hall–Kier alpha value is -9.61. The predicted octanol–water partition coefficient (Wildman–Crippen LogP) is 19.3. The molecule has 6 aliphatic heterocycles. The lowest BCUT2D eigenvalue weighted by Crippen LogP contribution is -2.48. The quantitative estimate of drug-likeness (QED) is 0.0676. The van der Waals surface area contributed by atoms with Crippen molar-refractivity contribution in [3.63, 3.8) is 0 Å².